The van der Waals surface area contributed by atoms with Crippen LogP contribution >= 0.6 is 15.9 Å². The number of amides is 1. The van der Waals surface area contributed by atoms with Crippen LogP contribution < -0.4 is 11.1 Å². The number of aryl methyl sites for hydroxylation is 2. The molecule has 21 heavy (non-hydrogen) atoms. The second-order valence-corrected chi connectivity index (χ2v) is 5.85. The number of halogens is 1. The first-order valence-corrected chi connectivity index (χ1v) is 7.61. The molecule has 5 nitrogen and oxygen atoms in total. The number of anilines is 1. The average molecular weight is 351 g/mol. The van der Waals surface area contributed by atoms with Gasteiger partial charge in [-0.15, -0.1) is 0 Å². The third-order valence-corrected chi connectivity index (χ3v) is 3.96. The van der Waals surface area contributed by atoms with Gasteiger partial charge in [0.1, 0.15) is 5.69 Å². The van der Waals surface area contributed by atoms with Gasteiger partial charge < -0.3 is 11.1 Å². The first-order chi connectivity index (χ1) is 9.93. The van der Waals surface area contributed by atoms with Crippen molar-refractivity contribution in [2.75, 3.05) is 5.73 Å². The zero-order chi connectivity index (χ0) is 15.6. The number of nitrogens with two attached hydrogens (primary N) is 1. The van der Waals surface area contributed by atoms with Crippen LogP contribution in [0, 0.1) is 0 Å². The molecule has 1 aromatic heterocycles. The van der Waals surface area contributed by atoms with Gasteiger partial charge in [-0.25, -0.2) is 0 Å². The Hall–Kier alpha value is -1.82. The maximum Gasteiger partial charge on any atom is 0.272 e. The molecular weight excluding hydrogens is 332 g/mol. The maximum atomic E-state index is 12.4. The third-order valence-electron chi connectivity index (χ3n) is 3.43. The summed E-state index contributed by atoms with van der Waals surface area (Å²) >= 11 is 3.40. The van der Waals surface area contributed by atoms with Crippen LogP contribution in [0.15, 0.2) is 28.7 Å². The lowest BCUT2D eigenvalue weighted by molar-refractivity contribution is 0.0931. The molecule has 0 spiro atoms. The van der Waals surface area contributed by atoms with E-state index in [-0.39, 0.29) is 11.9 Å². The van der Waals surface area contributed by atoms with Crippen LogP contribution in [0.25, 0.3) is 0 Å². The second kappa shape index (κ2) is 6.30. The minimum absolute atomic E-state index is 0.107. The summed E-state index contributed by atoms with van der Waals surface area (Å²) in [6, 6.07) is 7.74. The highest BCUT2D eigenvalue weighted by atomic mass is 79.9. The van der Waals surface area contributed by atoms with Crippen molar-refractivity contribution in [3.05, 3.63) is 45.7 Å². The predicted molar refractivity (Wildman–Crippen MR) is 87.0 cm³/mol. The van der Waals surface area contributed by atoms with E-state index in [1.165, 1.54) is 4.68 Å². The molecule has 0 saturated heterocycles. The van der Waals surface area contributed by atoms with E-state index in [1.807, 2.05) is 38.1 Å². The van der Waals surface area contributed by atoms with E-state index < -0.39 is 0 Å². The average Bonchev–Trinajstić information content (AvgIpc) is 2.73. The molecule has 1 atom stereocenters. The summed E-state index contributed by atoms with van der Waals surface area (Å²) in [7, 11) is 1.73. The van der Waals surface area contributed by atoms with Gasteiger partial charge in [0, 0.05) is 11.5 Å². The van der Waals surface area contributed by atoms with Gasteiger partial charge in [-0.1, -0.05) is 35.0 Å². The van der Waals surface area contributed by atoms with E-state index in [9.17, 15) is 4.79 Å². The third kappa shape index (κ3) is 3.26. The number of hydrogen-bond donors (Lipinski definition) is 2. The van der Waals surface area contributed by atoms with E-state index >= 15 is 0 Å². The molecule has 1 amide bonds. The molecule has 2 aromatic rings. The number of nitrogens with one attached hydrogen (secondary N) is 1. The van der Waals surface area contributed by atoms with Crippen LogP contribution in [0.5, 0.6) is 0 Å². The summed E-state index contributed by atoms with van der Waals surface area (Å²) in [5.74, 6) is -0.211. The van der Waals surface area contributed by atoms with Gasteiger partial charge in [0.15, 0.2) is 0 Å². The van der Waals surface area contributed by atoms with Gasteiger partial charge in [-0.2, -0.15) is 5.10 Å². The summed E-state index contributed by atoms with van der Waals surface area (Å²) in [5, 5.41) is 7.22. The molecule has 0 unspecified atom stereocenters. The number of rotatable bonds is 4. The number of hydrogen-bond acceptors (Lipinski definition) is 3. The Kier molecular flexibility index (Phi) is 4.67. The molecule has 0 fully saturated rings. The lowest BCUT2D eigenvalue weighted by Gasteiger charge is -2.14. The number of carbonyl (C=O) groups excluding carboxylic acids is 1. The molecule has 0 radical (unpaired) electrons. The lowest BCUT2D eigenvalue weighted by atomic mass is 10.1. The molecular formula is C15H19BrN4O. The summed E-state index contributed by atoms with van der Waals surface area (Å²) < 4.78 is 2.55. The Morgan fingerprint density at radius 3 is 2.57 bits per heavy atom. The van der Waals surface area contributed by atoms with E-state index in [0.717, 1.165) is 15.7 Å². The number of nitrogens with zero attached hydrogens (tertiary/aromatic N) is 2. The number of benzene rings is 1. The van der Waals surface area contributed by atoms with Gasteiger partial charge in [0.25, 0.3) is 5.91 Å². The van der Waals surface area contributed by atoms with Gasteiger partial charge in [0.2, 0.25) is 0 Å². The second-order valence-electron chi connectivity index (χ2n) is 4.93. The van der Waals surface area contributed by atoms with Crippen molar-refractivity contribution in [2.45, 2.75) is 26.3 Å². The summed E-state index contributed by atoms with van der Waals surface area (Å²) in [4.78, 5) is 12.4. The number of aromatic nitrogens is 2. The summed E-state index contributed by atoms with van der Waals surface area (Å²) in [6.45, 7) is 3.90. The molecule has 0 aliphatic heterocycles. The van der Waals surface area contributed by atoms with Crippen LogP contribution in [-0.2, 0) is 13.5 Å². The molecule has 0 bridgehead atoms. The van der Waals surface area contributed by atoms with Crippen molar-refractivity contribution in [1.29, 1.82) is 0 Å². The molecule has 3 N–H and O–H groups in total. The quantitative estimate of drug-likeness (QED) is 0.890. The highest BCUT2D eigenvalue weighted by Gasteiger charge is 2.20. The van der Waals surface area contributed by atoms with E-state index in [1.54, 1.807) is 7.05 Å². The molecule has 1 heterocycles. The minimum Gasteiger partial charge on any atom is -0.395 e. The largest absolute Gasteiger partial charge is 0.395 e. The number of nitrogen functional groups attached to an aromatic ring is 1. The Morgan fingerprint density at radius 1 is 1.43 bits per heavy atom. The molecule has 0 aliphatic rings. The van der Waals surface area contributed by atoms with Crippen molar-refractivity contribution in [2.24, 2.45) is 7.05 Å². The monoisotopic (exact) mass is 350 g/mol. The van der Waals surface area contributed by atoms with E-state index in [4.69, 9.17) is 5.73 Å². The van der Waals surface area contributed by atoms with Crippen LogP contribution in [0.2, 0.25) is 0 Å². The Labute approximate surface area is 132 Å². The summed E-state index contributed by atoms with van der Waals surface area (Å²) in [6.07, 6.45) is 0.704. The topological polar surface area (TPSA) is 72.9 Å². The molecule has 1 aromatic carbocycles. The maximum absolute atomic E-state index is 12.4. The zero-order valence-corrected chi connectivity index (χ0v) is 13.9. The van der Waals surface area contributed by atoms with Crippen LogP contribution in [-0.4, -0.2) is 15.7 Å². The smallest absolute Gasteiger partial charge is 0.272 e. The fourth-order valence-corrected chi connectivity index (χ4v) is 2.49. The first kappa shape index (κ1) is 15.6. The molecule has 112 valence electrons. The lowest BCUT2D eigenvalue weighted by Crippen LogP contribution is -2.29. The van der Waals surface area contributed by atoms with Crippen LogP contribution in [0.4, 0.5) is 5.69 Å². The normalized spacial score (nSPS) is 12.2. The van der Waals surface area contributed by atoms with Crippen molar-refractivity contribution in [3.8, 4) is 0 Å². The molecule has 0 aliphatic carbocycles. The standard InChI is InChI=1S/C15H19BrN4O/c1-4-12-13(17)14(20(3)19-12)15(21)18-9(2)10-5-7-11(16)8-6-10/h5-9H,4,17H2,1-3H3,(H,18,21)/t9-/m1/s1. The Balaban J connectivity index is 2.18. The summed E-state index contributed by atoms with van der Waals surface area (Å²) in [5.41, 5.74) is 8.65. The number of carbonyl (C=O) groups is 1. The fourth-order valence-electron chi connectivity index (χ4n) is 2.23. The van der Waals surface area contributed by atoms with Gasteiger partial charge >= 0.3 is 0 Å². The predicted octanol–water partition coefficient (Wildman–Crippen LogP) is 2.82. The Morgan fingerprint density at radius 2 is 2.05 bits per heavy atom. The highest BCUT2D eigenvalue weighted by molar-refractivity contribution is 9.10. The zero-order valence-electron chi connectivity index (χ0n) is 12.4. The molecule has 0 saturated carbocycles. The first-order valence-electron chi connectivity index (χ1n) is 6.81. The molecule has 6 heteroatoms. The van der Waals surface area contributed by atoms with Crippen molar-refractivity contribution >= 4 is 27.5 Å². The Bertz CT molecular complexity index is 648. The van der Waals surface area contributed by atoms with Gasteiger partial charge in [-0.05, 0) is 31.0 Å². The molecule has 2 rings (SSSR count). The van der Waals surface area contributed by atoms with Crippen LogP contribution in [0.1, 0.15) is 41.6 Å². The van der Waals surface area contributed by atoms with E-state index in [2.05, 4.69) is 26.3 Å². The van der Waals surface area contributed by atoms with E-state index in [0.29, 0.717) is 17.8 Å². The van der Waals surface area contributed by atoms with Crippen molar-refractivity contribution < 1.29 is 4.79 Å². The van der Waals surface area contributed by atoms with Crippen molar-refractivity contribution in [3.63, 3.8) is 0 Å². The van der Waals surface area contributed by atoms with Crippen LogP contribution in [0.3, 0.4) is 0 Å². The van der Waals surface area contributed by atoms with Gasteiger partial charge in [0.05, 0.1) is 17.4 Å². The highest BCUT2D eigenvalue weighted by Crippen LogP contribution is 2.20. The fraction of sp³-hybridized carbons (Fsp3) is 0.333. The van der Waals surface area contributed by atoms with Gasteiger partial charge in [-0.3, -0.25) is 9.48 Å². The minimum atomic E-state index is -0.211. The SMILES string of the molecule is CCc1nn(C)c(C(=O)N[C@H](C)c2ccc(Br)cc2)c1N. The van der Waals surface area contributed by atoms with Crippen molar-refractivity contribution in [1.82, 2.24) is 15.1 Å².